The Balaban J connectivity index is 1.87. The van der Waals surface area contributed by atoms with Gasteiger partial charge in [0.2, 0.25) is 5.91 Å². The first kappa shape index (κ1) is 13.8. The van der Waals surface area contributed by atoms with Crippen molar-refractivity contribution >= 4 is 39.1 Å². The fourth-order valence-electron chi connectivity index (χ4n) is 1.60. The van der Waals surface area contributed by atoms with Gasteiger partial charge in [0.1, 0.15) is 6.61 Å². The molecule has 1 amide bonds. The van der Waals surface area contributed by atoms with Gasteiger partial charge >= 0.3 is 0 Å². The molecule has 4 nitrogen and oxygen atoms in total. The molecule has 0 radical (unpaired) electrons. The van der Waals surface area contributed by atoms with E-state index in [1.807, 2.05) is 13.0 Å². The van der Waals surface area contributed by atoms with Crippen LogP contribution >= 0.6 is 27.5 Å². The van der Waals surface area contributed by atoms with Crippen molar-refractivity contribution < 1.29 is 9.53 Å². The molecule has 1 fully saturated rings. The van der Waals surface area contributed by atoms with Gasteiger partial charge in [-0.25, -0.2) is 0 Å². The van der Waals surface area contributed by atoms with E-state index in [2.05, 4.69) is 26.6 Å². The van der Waals surface area contributed by atoms with Crippen molar-refractivity contribution in [2.75, 3.05) is 25.0 Å². The van der Waals surface area contributed by atoms with E-state index in [1.54, 1.807) is 12.1 Å². The molecule has 1 heterocycles. The molecular formula is C12H14BrClN2O2. The summed E-state index contributed by atoms with van der Waals surface area (Å²) in [7, 11) is 0. The second-order valence-electron chi connectivity index (χ2n) is 4.51. The average Bonchev–Trinajstić information content (AvgIpc) is 2.28. The van der Waals surface area contributed by atoms with Crippen LogP contribution in [0.4, 0.5) is 5.69 Å². The van der Waals surface area contributed by atoms with Gasteiger partial charge in [0.25, 0.3) is 0 Å². The third-order valence-corrected chi connectivity index (χ3v) is 3.56. The molecule has 98 valence electrons. The van der Waals surface area contributed by atoms with Crippen LogP contribution in [0.2, 0.25) is 5.02 Å². The Morgan fingerprint density at radius 3 is 2.89 bits per heavy atom. The van der Waals surface area contributed by atoms with E-state index in [0.29, 0.717) is 10.7 Å². The number of halogens is 2. The molecule has 0 bridgehead atoms. The summed E-state index contributed by atoms with van der Waals surface area (Å²) in [6, 6.07) is 5.30. The molecule has 0 saturated carbocycles. The number of amides is 1. The normalized spacial score (nSPS) is 17.1. The number of nitrogens with one attached hydrogen (secondary N) is 2. The Morgan fingerprint density at radius 2 is 2.33 bits per heavy atom. The minimum atomic E-state index is -0.221. The van der Waals surface area contributed by atoms with Crippen LogP contribution in [0.25, 0.3) is 0 Å². The maximum absolute atomic E-state index is 11.7. The van der Waals surface area contributed by atoms with Gasteiger partial charge in [-0.2, -0.15) is 0 Å². The van der Waals surface area contributed by atoms with Crippen molar-refractivity contribution in [3.63, 3.8) is 0 Å². The molecule has 0 aliphatic carbocycles. The van der Waals surface area contributed by atoms with Crippen LogP contribution in [0, 0.1) is 0 Å². The highest BCUT2D eigenvalue weighted by Gasteiger charge is 2.33. The average molecular weight is 334 g/mol. The number of carbonyl (C=O) groups excluding carboxylic acids is 1. The Hall–Kier alpha value is -0.620. The zero-order chi connectivity index (χ0) is 13.2. The molecule has 0 aromatic heterocycles. The first-order valence-corrected chi connectivity index (χ1v) is 6.75. The lowest BCUT2D eigenvalue weighted by atomic mass is 10.0. The topological polar surface area (TPSA) is 50.4 Å². The van der Waals surface area contributed by atoms with E-state index in [0.717, 1.165) is 17.6 Å². The summed E-state index contributed by atoms with van der Waals surface area (Å²) in [5, 5.41) is 6.32. The molecule has 0 unspecified atom stereocenters. The van der Waals surface area contributed by atoms with Gasteiger partial charge in [0.05, 0.1) is 16.3 Å². The van der Waals surface area contributed by atoms with Crippen LogP contribution in [0.5, 0.6) is 0 Å². The van der Waals surface area contributed by atoms with Crippen LogP contribution in [0.15, 0.2) is 22.7 Å². The fraction of sp³-hybridized carbons (Fsp3) is 0.417. The molecule has 2 rings (SSSR count). The number of benzene rings is 1. The van der Waals surface area contributed by atoms with Crippen LogP contribution in [0.3, 0.4) is 0 Å². The SMILES string of the molecule is CC1(OCC(=O)Nc2ccc(Br)cc2Cl)CNC1. The summed E-state index contributed by atoms with van der Waals surface area (Å²) in [5.41, 5.74) is 0.367. The number of ether oxygens (including phenoxy) is 1. The molecular weight excluding hydrogens is 320 g/mol. The number of anilines is 1. The largest absolute Gasteiger partial charge is 0.363 e. The molecule has 18 heavy (non-hydrogen) atoms. The lowest BCUT2D eigenvalue weighted by Crippen LogP contribution is -2.59. The first-order chi connectivity index (χ1) is 8.48. The van der Waals surface area contributed by atoms with Crippen LogP contribution in [-0.2, 0) is 9.53 Å². The van der Waals surface area contributed by atoms with Crippen LogP contribution in [-0.4, -0.2) is 31.2 Å². The third kappa shape index (κ3) is 3.45. The van der Waals surface area contributed by atoms with Gasteiger partial charge in [-0.1, -0.05) is 27.5 Å². The summed E-state index contributed by atoms with van der Waals surface area (Å²) in [5.74, 6) is -0.202. The standard InChI is InChI=1S/C12H14BrClN2O2/c1-12(6-15-7-12)18-5-11(17)16-10-3-2-8(13)4-9(10)14/h2-4,15H,5-7H2,1H3,(H,16,17). The van der Waals surface area contributed by atoms with Crippen molar-refractivity contribution in [1.82, 2.24) is 5.32 Å². The molecule has 1 aliphatic heterocycles. The molecule has 1 aromatic rings. The van der Waals surface area contributed by atoms with Crippen molar-refractivity contribution in [2.45, 2.75) is 12.5 Å². The minimum absolute atomic E-state index is 0.0323. The fourth-order valence-corrected chi connectivity index (χ4v) is 2.32. The Kier molecular flexibility index (Phi) is 4.27. The molecule has 1 aromatic carbocycles. The van der Waals surface area contributed by atoms with Gasteiger partial charge in [-0.15, -0.1) is 0 Å². The smallest absolute Gasteiger partial charge is 0.250 e. The zero-order valence-corrected chi connectivity index (χ0v) is 12.3. The van der Waals surface area contributed by atoms with E-state index < -0.39 is 0 Å². The quantitative estimate of drug-likeness (QED) is 0.890. The van der Waals surface area contributed by atoms with Crippen LogP contribution in [0.1, 0.15) is 6.92 Å². The second-order valence-corrected chi connectivity index (χ2v) is 5.84. The predicted molar refractivity (Wildman–Crippen MR) is 75.0 cm³/mol. The molecule has 0 spiro atoms. The summed E-state index contributed by atoms with van der Waals surface area (Å²) in [6.45, 7) is 3.56. The summed E-state index contributed by atoms with van der Waals surface area (Å²) < 4.78 is 6.41. The van der Waals surface area contributed by atoms with E-state index in [-0.39, 0.29) is 18.1 Å². The summed E-state index contributed by atoms with van der Waals surface area (Å²) in [6.07, 6.45) is 0. The lowest BCUT2D eigenvalue weighted by molar-refractivity contribution is -0.130. The second kappa shape index (κ2) is 5.57. The molecule has 2 N–H and O–H groups in total. The van der Waals surface area contributed by atoms with E-state index in [4.69, 9.17) is 16.3 Å². The first-order valence-electron chi connectivity index (χ1n) is 5.58. The van der Waals surface area contributed by atoms with E-state index in [9.17, 15) is 4.79 Å². The Labute approximate surface area is 119 Å². The Morgan fingerprint density at radius 1 is 1.61 bits per heavy atom. The van der Waals surface area contributed by atoms with Crippen molar-refractivity contribution in [3.8, 4) is 0 Å². The van der Waals surface area contributed by atoms with Crippen molar-refractivity contribution in [1.29, 1.82) is 0 Å². The maximum Gasteiger partial charge on any atom is 0.250 e. The van der Waals surface area contributed by atoms with Crippen LogP contribution < -0.4 is 10.6 Å². The zero-order valence-electron chi connectivity index (χ0n) is 9.93. The van der Waals surface area contributed by atoms with Gasteiger partial charge < -0.3 is 15.4 Å². The van der Waals surface area contributed by atoms with Gasteiger partial charge in [0.15, 0.2) is 0 Å². The monoisotopic (exact) mass is 332 g/mol. The molecule has 1 aliphatic rings. The Bertz CT molecular complexity index is 463. The third-order valence-electron chi connectivity index (χ3n) is 2.75. The predicted octanol–water partition coefficient (Wildman–Crippen LogP) is 2.42. The van der Waals surface area contributed by atoms with E-state index in [1.165, 1.54) is 0 Å². The van der Waals surface area contributed by atoms with E-state index >= 15 is 0 Å². The number of hydrogen-bond donors (Lipinski definition) is 2. The number of carbonyl (C=O) groups is 1. The minimum Gasteiger partial charge on any atom is -0.363 e. The molecule has 1 saturated heterocycles. The number of hydrogen-bond acceptors (Lipinski definition) is 3. The molecule has 6 heteroatoms. The lowest BCUT2D eigenvalue weighted by Gasteiger charge is -2.38. The molecule has 0 atom stereocenters. The summed E-state index contributed by atoms with van der Waals surface area (Å²) >= 11 is 9.31. The highest BCUT2D eigenvalue weighted by atomic mass is 79.9. The summed E-state index contributed by atoms with van der Waals surface area (Å²) in [4.78, 5) is 11.7. The highest BCUT2D eigenvalue weighted by Crippen LogP contribution is 2.25. The highest BCUT2D eigenvalue weighted by molar-refractivity contribution is 9.10. The van der Waals surface area contributed by atoms with Gasteiger partial charge in [-0.3, -0.25) is 4.79 Å². The maximum atomic E-state index is 11.7. The van der Waals surface area contributed by atoms with Crippen molar-refractivity contribution in [2.24, 2.45) is 0 Å². The van der Waals surface area contributed by atoms with Gasteiger partial charge in [-0.05, 0) is 25.1 Å². The van der Waals surface area contributed by atoms with Crippen molar-refractivity contribution in [3.05, 3.63) is 27.7 Å². The number of rotatable bonds is 4. The van der Waals surface area contributed by atoms with Gasteiger partial charge in [0, 0.05) is 17.6 Å².